The molecular weight excluding hydrogens is 362 g/mol. The van der Waals surface area contributed by atoms with Gasteiger partial charge in [0.2, 0.25) is 0 Å². The molecule has 2 heterocycles. The lowest BCUT2D eigenvalue weighted by molar-refractivity contribution is -0.0466. The van der Waals surface area contributed by atoms with Crippen molar-refractivity contribution in [1.29, 1.82) is 0 Å². The van der Waals surface area contributed by atoms with Gasteiger partial charge < -0.3 is 14.2 Å². The van der Waals surface area contributed by atoms with E-state index in [1.54, 1.807) is 4.90 Å². The van der Waals surface area contributed by atoms with Gasteiger partial charge in [-0.05, 0) is 39.0 Å². The molecule has 0 aromatic heterocycles. The molecule has 1 fully saturated rings. The van der Waals surface area contributed by atoms with E-state index in [0.29, 0.717) is 25.5 Å². The van der Waals surface area contributed by atoms with Gasteiger partial charge in [0.15, 0.2) is 0 Å². The zero-order valence-electron chi connectivity index (χ0n) is 13.7. The average molecular weight is 384 g/mol. The van der Waals surface area contributed by atoms with Gasteiger partial charge in [-0.15, -0.1) is 0 Å². The van der Waals surface area contributed by atoms with Crippen LogP contribution in [0.1, 0.15) is 33.6 Å². The Morgan fingerprint density at radius 3 is 2.65 bits per heavy atom. The van der Waals surface area contributed by atoms with Crippen molar-refractivity contribution >= 4 is 27.7 Å². The first-order chi connectivity index (χ1) is 10.8. The van der Waals surface area contributed by atoms with Crippen LogP contribution in [0.3, 0.4) is 0 Å². The van der Waals surface area contributed by atoms with Crippen LogP contribution in [-0.4, -0.2) is 37.1 Å². The highest BCUT2D eigenvalue weighted by molar-refractivity contribution is 9.10. The molecule has 1 aromatic rings. The van der Waals surface area contributed by atoms with E-state index < -0.39 is 11.2 Å². The van der Waals surface area contributed by atoms with Crippen molar-refractivity contribution in [3.8, 4) is 5.75 Å². The van der Waals surface area contributed by atoms with Gasteiger partial charge >= 0.3 is 6.09 Å². The molecule has 0 unspecified atom stereocenters. The molecule has 1 saturated heterocycles. The van der Waals surface area contributed by atoms with Gasteiger partial charge in [-0.2, -0.15) is 0 Å². The Morgan fingerprint density at radius 2 is 2.00 bits per heavy atom. The van der Waals surface area contributed by atoms with Gasteiger partial charge in [0.25, 0.3) is 0 Å². The second-order valence-electron chi connectivity index (χ2n) is 7.08. The Hall–Kier alpha value is -1.27. The van der Waals surface area contributed by atoms with Crippen LogP contribution >= 0.6 is 15.9 Å². The molecule has 2 aliphatic rings. The van der Waals surface area contributed by atoms with Crippen LogP contribution in [0.5, 0.6) is 5.75 Å². The smallest absolute Gasteiger partial charge is 0.415 e. The minimum Gasteiger partial charge on any atom is -0.483 e. The molecule has 1 amide bonds. The number of fused-ring (bicyclic) bond motifs is 1. The summed E-state index contributed by atoms with van der Waals surface area (Å²) in [6.45, 7) is 7.39. The Morgan fingerprint density at radius 1 is 1.30 bits per heavy atom. The number of nitrogens with zero attached hydrogens (tertiary/aromatic N) is 1. The highest BCUT2D eigenvalue weighted by atomic mass is 79.9. The number of amides is 1. The highest BCUT2D eigenvalue weighted by Crippen LogP contribution is 2.42. The number of carbonyl (C=O) groups is 1. The zero-order valence-corrected chi connectivity index (χ0v) is 15.3. The predicted octanol–water partition coefficient (Wildman–Crippen LogP) is 4.13. The maximum Gasteiger partial charge on any atom is 0.415 e. The third-order valence-corrected chi connectivity index (χ3v) is 4.50. The van der Waals surface area contributed by atoms with Crippen molar-refractivity contribution in [2.75, 3.05) is 24.7 Å². The largest absolute Gasteiger partial charge is 0.483 e. The number of benzene rings is 1. The van der Waals surface area contributed by atoms with Crippen LogP contribution < -0.4 is 9.64 Å². The number of hydrogen-bond acceptors (Lipinski definition) is 4. The third-order valence-electron chi connectivity index (χ3n) is 4.00. The van der Waals surface area contributed by atoms with E-state index in [4.69, 9.17) is 14.2 Å². The number of hydrogen-bond donors (Lipinski definition) is 0. The Labute approximate surface area is 145 Å². The minimum absolute atomic E-state index is 0.338. The lowest BCUT2D eigenvalue weighted by Crippen LogP contribution is -2.56. The van der Waals surface area contributed by atoms with Gasteiger partial charge in [-0.25, -0.2) is 4.79 Å². The minimum atomic E-state index is -0.534. The fourth-order valence-corrected chi connectivity index (χ4v) is 3.26. The van der Waals surface area contributed by atoms with E-state index in [2.05, 4.69) is 15.9 Å². The number of ether oxygens (including phenoxy) is 3. The highest BCUT2D eigenvalue weighted by Gasteiger charge is 2.44. The molecule has 2 aliphatic heterocycles. The molecule has 5 nitrogen and oxygen atoms in total. The van der Waals surface area contributed by atoms with Gasteiger partial charge in [0.1, 0.15) is 17.0 Å². The van der Waals surface area contributed by atoms with E-state index in [1.165, 1.54) is 0 Å². The summed E-state index contributed by atoms with van der Waals surface area (Å²) < 4.78 is 18.3. The second-order valence-corrected chi connectivity index (χ2v) is 7.99. The second kappa shape index (κ2) is 5.98. The molecule has 0 N–H and O–H groups in total. The normalized spacial score (nSPS) is 19.9. The predicted molar refractivity (Wildman–Crippen MR) is 91.1 cm³/mol. The molecule has 0 saturated carbocycles. The summed E-state index contributed by atoms with van der Waals surface area (Å²) in [5.74, 6) is 0.707. The molecule has 0 aliphatic carbocycles. The summed E-state index contributed by atoms with van der Waals surface area (Å²) in [5.41, 5.74) is -0.184. The third kappa shape index (κ3) is 3.63. The molecule has 1 aromatic carbocycles. The van der Waals surface area contributed by atoms with Crippen LogP contribution in [0.25, 0.3) is 0 Å². The number of halogens is 1. The van der Waals surface area contributed by atoms with E-state index in [9.17, 15) is 4.79 Å². The maximum absolute atomic E-state index is 12.7. The number of rotatable bonds is 0. The van der Waals surface area contributed by atoms with Gasteiger partial charge in [-0.3, -0.25) is 4.90 Å². The Balaban J connectivity index is 1.95. The van der Waals surface area contributed by atoms with Crippen LogP contribution in [0.4, 0.5) is 10.5 Å². The molecule has 3 rings (SSSR count). The fourth-order valence-electron chi connectivity index (χ4n) is 2.92. The SMILES string of the molecule is CC(C)(C)OC(=O)N1CC2(CCOCC2)Oc2cc(Br)ccc21. The van der Waals surface area contributed by atoms with E-state index in [-0.39, 0.29) is 6.09 Å². The molecule has 126 valence electrons. The number of anilines is 1. The van der Waals surface area contributed by atoms with Crippen LogP contribution in [0.15, 0.2) is 22.7 Å². The van der Waals surface area contributed by atoms with Crippen LogP contribution in [-0.2, 0) is 9.47 Å². The molecule has 1 spiro atoms. The van der Waals surface area contributed by atoms with E-state index in [1.807, 2.05) is 39.0 Å². The quantitative estimate of drug-likeness (QED) is 0.675. The van der Waals surface area contributed by atoms with Gasteiger partial charge in [-0.1, -0.05) is 15.9 Å². The first-order valence-corrected chi connectivity index (χ1v) is 8.64. The van der Waals surface area contributed by atoms with Crippen molar-refractivity contribution in [3.63, 3.8) is 0 Å². The van der Waals surface area contributed by atoms with E-state index in [0.717, 1.165) is 23.0 Å². The maximum atomic E-state index is 12.7. The average Bonchev–Trinajstić information content (AvgIpc) is 2.45. The fraction of sp³-hybridized carbons (Fsp3) is 0.588. The first kappa shape index (κ1) is 16.6. The van der Waals surface area contributed by atoms with E-state index >= 15 is 0 Å². The molecule has 6 heteroatoms. The van der Waals surface area contributed by atoms with Gasteiger partial charge in [0.05, 0.1) is 25.4 Å². The van der Waals surface area contributed by atoms with Crippen molar-refractivity contribution in [2.24, 2.45) is 0 Å². The van der Waals surface area contributed by atoms with Crippen molar-refractivity contribution in [3.05, 3.63) is 22.7 Å². The van der Waals surface area contributed by atoms with Crippen molar-refractivity contribution in [1.82, 2.24) is 0 Å². The number of carbonyl (C=O) groups excluding carboxylic acids is 1. The Kier molecular flexibility index (Phi) is 4.31. The molecule has 0 bridgehead atoms. The van der Waals surface area contributed by atoms with Crippen LogP contribution in [0, 0.1) is 0 Å². The molecule has 0 atom stereocenters. The topological polar surface area (TPSA) is 48.0 Å². The van der Waals surface area contributed by atoms with Crippen molar-refractivity contribution in [2.45, 2.75) is 44.8 Å². The lowest BCUT2D eigenvalue weighted by atomic mass is 9.91. The summed E-state index contributed by atoms with van der Waals surface area (Å²) in [5, 5.41) is 0. The summed E-state index contributed by atoms with van der Waals surface area (Å²) in [4.78, 5) is 14.4. The summed E-state index contributed by atoms with van der Waals surface area (Å²) in [7, 11) is 0. The van der Waals surface area contributed by atoms with Gasteiger partial charge in [0, 0.05) is 17.3 Å². The molecular formula is C17H22BrNO4. The summed E-state index contributed by atoms with van der Waals surface area (Å²) in [6, 6.07) is 5.69. The monoisotopic (exact) mass is 383 g/mol. The zero-order chi connectivity index (χ0) is 16.7. The Bertz CT molecular complexity index is 605. The summed E-state index contributed by atoms with van der Waals surface area (Å²) in [6.07, 6.45) is 1.19. The molecule has 23 heavy (non-hydrogen) atoms. The molecule has 0 radical (unpaired) electrons. The van der Waals surface area contributed by atoms with Crippen molar-refractivity contribution < 1.29 is 19.0 Å². The first-order valence-electron chi connectivity index (χ1n) is 7.85. The standard InChI is InChI=1S/C17H22BrNO4/c1-16(2,3)23-15(20)19-11-17(6-8-21-9-7-17)22-14-10-12(18)4-5-13(14)19/h4-5,10H,6-9,11H2,1-3H3. The summed E-state index contributed by atoms with van der Waals surface area (Å²) >= 11 is 3.47. The van der Waals surface area contributed by atoms with Crippen LogP contribution in [0.2, 0.25) is 0 Å². The lowest BCUT2D eigenvalue weighted by Gasteiger charge is -2.45.